The highest BCUT2D eigenvalue weighted by molar-refractivity contribution is 9.10. The van der Waals surface area contributed by atoms with Crippen LogP contribution in [-0.2, 0) is 0 Å². The Morgan fingerprint density at radius 2 is 2.00 bits per heavy atom. The van der Waals surface area contributed by atoms with Crippen LogP contribution in [0.1, 0.15) is 26.3 Å². The number of benzene rings is 1. The first-order valence-electron chi connectivity index (χ1n) is 5.06. The van der Waals surface area contributed by atoms with Crippen LogP contribution in [0.3, 0.4) is 0 Å². The molecule has 0 unspecified atom stereocenters. The molecule has 17 heavy (non-hydrogen) atoms. The second kappa shape index (κ2) is 6.87. The molecule has 3 nitrogen and oxygen atoms in total. The van der Waals surface area contributed by atoms with Gasteiger partial charge in [0.05, 0.1) is 13.3 Å². The van der Waals surface area contributed by atoms with Crippen LogP contribution in [-0.4, -0.2) is 18.9 Å². The van der Waals surface area contributed by atoms with Crippen LogP contribution in [0.5, 0.6) is 5.75 Å². The Kier molecular flexibility index (Phi) is 6.57. The summed E-state index contributed by atoms with van der Waals surface area (Å²) < 4.78 is 6.25. The number of hydrogen-bond acceptors (Lipinski definition) is 3. The first kappa shape index (κ1) is 16.3. The number of rotatable bonds is 3. The fourth-order valence-electron chi connectivity index (χ4n) is 1.10. The number of hydrazone groups is 1. The Hall–Kier alpha value is -0.740. The van der Waals surface area contributed by atoms with Gasteiger partial charge in [-0.05, 0) is 39.0 Å². The minimum absolute atomic E-state index is 0. The number of halogens is 2. The fraction of sp³-hybridized carbons (Fsp3) is 0.417. The van der Waals surface area contributed by atoms with E-state index in [9.17, 15) is 0 Å². The lowest BCUT2D eigenvalue weighted by molar-refractivity contribution is 0.413. The molecule has 1 aromatic rings. The fourth-order valence-corrected chi connectivity index (χ4v) is 1.48. The minimum atomic E-state index is -0.0320. The molecule has 0 bridgehead atoms. The van der Waals surface area contributed by atoms with Gasteiger partial charge >= 0.3 is 0 Å². The molecule has 0 atom stereocenters. The van der Waals surface area contributed by atoms with E-state index in [4.69, 9.17) is 4.74 Å². The maximum absolute atomic E-state index is 5.24. The molecule has 0 saturated heterocycles. The van der Waals surface area contributed by atoms with Crippen molar-refractivity contribution in [3.05, 3.63) is 28.2 Å². The quantitative estimate of drug-likeness (QED) is 0.681. The third-order valence-electron chi connectivity index (χ3n) is 1.80. The SMILES string of the molecule is COc1ccc(Br)cc1C=NNC(C)(C)C.Cl. The molecule has 0 spiro atoms. The zero-order valence-corrected chi connectivity index (χ0v) is 12.9. The molecule has 0 saturated carbocycles. The van der Waals surface area contributed by atoms with Crippen LogP contribution < -0.4 is 10.2 Å². The van der Waals surface area contributed by atoms with E-state index >= 15 is 0 Å². The highest BCUT2D eigenvalue weighted by Crippen LogP contribution is 2.21. The Balaban J connectivity index is 0.00000256. The van der Waals surface area contributed by atoms with Gasteiger partial charge in [-0.15, -0.1) is 12.4 Å². The molecule has 0 aromatic heterocycles. The van der Waals surface area contributed by atoms with Gasteiger partial charge in [0, 0.05) is 15.6 Å². The summed E-state index contributed by atoms with van der Waals surface area (Å²) >= 11 is 3.42. The van der Waals surface area contributed by atoms with E-state index in [1.165, 1.54) is 0 Å². The number of nitrogens with zero attached hydrogens (tertiary/aromatic N) is 1. The average Bonchev–Trinajstić information content (AvgIpc) is 2.16. The number of nitrogens with one attached hydrogen (secondary N) is 1. The topological polar surface area (TPSA) is 33.6 Å². The summed E-state index contributed by atoms with van der Waals surface area (Å²) in [6.07, 6.45) is 1.76. The Morgan fingerprint density at radius 1 is 1.35 bits per heavy atom. The van der Waals surface area contributed by atoms with Gasteiger partial charge in [0.2, 0.25) is 0 Å². The number of hydrogen-bond donors (Lipinski definition) is 1. The van der Waals surface area contributed by atoms with Gasteiger partial charge in [0.25, 0.3) is 0 Å². The van der Waals surface area contributed by atoms with Crippen molar-refractivity contribution in [2.24, 2.45) is 5.10 Å². The summed E-state index contributed by atoms with van der Waals surface area (Å²) in [6.45, 7) is 6.17. The molecule has 1 N–H and O–H groups in total. The van der Waals surface area contributed by atoms with Crippen molar-refractivity contribution in [2.75, 3.05) is 7.11 Å². The summed E-state index contributed by atoms with van der Waals surface area (Å²) in [5.74, 6) is 0.808. The molecule has 1 aromatic carbocycles. The van der Waals surface area contributed by atoms with Crippen molar-refractivity contribution >= 4 is 34.6 Å². The Morgan fingerprint density at radius 3 is 2.53 bits per heavy atom. The van der Waals surface area contributed by atoms with Crippen LogP contribution in [0.25, 0.3) is 0 Å². The van der Waals surface area contributed by atoms with Crippen LogP contribution in [0, 0.1) is 0 Å². The van der Waals surface area contributed by atoms with E-state index < -0.39 is 0 Å². The lowest BCUT2D eigenvalue weighted by atomic mass is 10.1. The monoisotopic (exact) mass is 320 g/mol. The van der Waals surface area contributed by atoms with Crippen molar-refractivity contribution in [3.8, 4) is 5.75 Å². The lowest BCUT2D eigenvalue weighted by Crippen LogP contribution is -2.31. The molecular formula is C12H18BrClN2O. The molecule has 0 amide bonds. The van der Waals surface area contributed by atoms with Gasteiger partial charge in [0.15, 0.2) is 0 Å². The first-order chi connectivity index (χ1) is 7.42. The minimum Gasteiger partial charge on any atom is -0.496 e. The highest BCUT2D eigenvalue weighted by Gasteiger charge is 2.06. The summed E-state index contributed by atoms with van der Waals surface area (Å²) in [5.41, 5.74) is 3.95. The zero-order valence-electron chi connectivity index (χ0n) is 10.5. The third kappa shape index (κ3) is 5.94. The van der Waals surface area contributed by atoms with Gasteiger partial charge in [-0.2, -0.15) is 5.10 Å². The van der Waals surface area contributed by atoms with Crippen LogP contribution in [0.15, 0.2) is 27.8 Å². The predicted molar refractivity (Wildman–Crippen MR) is 78.4 cm³/mol. The summed E-state index contributed by atoms with van der Waals surface area (Å²) in [7, 11) is 1.65. The maximum Gasteiger partial charge on any atom is 0.127 e. The molecule has 0 aliphatic carbocycles. The summed E-state index contributed by atoms with van der Waals surface area (Å²) in [5, 5.41) is 4.19. The van der Waals surface area contributed by atoms with Gasteiger partial charge in [-0.1, -0.05) is 15.9 Å². The smallest absolute Gasteiger partial charge is 0.127 e. The Labute approximate surface area is 117 Å². The number of methoxy groups -OCH3 is 1. The van der Waals surface area contributed by atoms with Crippen LogP contribution in [0.2, 0.25) is 0 Å². The van der Waals surface area contributed by atoms with E-state index in [2.05, 4.69) is 47.2 Å². The third-order valence-corrected chi connectivity index (χ3v) is 2.29. The van der Waals surface area contributed by atoms with Gasteiger partial charge < -0.3 is 10.2 Å². The van der Waals surface area contributed by atoms with Gasteiger partial charge in [0.1, 0.15) is 5.75 Å². The van der Waals surface area contributed by atoms with E-state index in [1.54, 1.807) is 13.3 Å². The molecule has 0 aliphatic rings. The summed E-state index contributed by atoms with van der Waals surface area (Å²) in [4.78, 5) is 0. The lowest BCUT2D eigenvalue weighted by Gasteiger charge is -2.17. The second-order valence-electron chi connectivity index (χ2n) is 4.51. The van der Waals surface area contributed by atoms with Crippen molar-refractivity contribution in [3.63, 3.8) is 0 Å². The second-order valence-corrected chi connectivity index (χ2v) is 5.42. The molecular weight excluding hydrogens is 304 g/mol. The molecule has 0 radical (unpaired) electrons. The maximum atomic E-state index is 5.24. The van der Waals surface area contributed by atoms with E-state index in [0.29, 0.717) is 0 Å². The standard InChI is InChI=1S/C12H17BrN2O.ClH/c1-12(2,3)15-14-8-9-7-10(13)5-6-11(9)16-4;/h5-8,15H,1-4H3;1H. The van der Waals surface area contributed by atoms with Crippen molar-refractivity contribution < 1.29 is 4.74 Å². The number of ether oxygens (including phenoxy) is 1. The first-order valence-corrected chi connectivity index (χ1v) is 5.85. The largest absolute Gasteiger partial charge is 0.496 e. The average molecular weight is 322 g/mol. The molecule has 0 fully saturated rings. The zero-order chi connectivity index (χ0) is 12.2. The van der Waals surface area contributed by atoms with Gasteiger partial charge in [-0.3, -0.25) is 0 Å². The van der Waals surface area contributed by atoms with E-state index in [-0.39, 0.29) is 17.9 Å². The predicted octanol–water partition coefficient (Wildman–Crippen LogP) is 3.60. The molecule has 5 heteroatoms. The highest BCUT2D eigenvalue weighted by atomic mass is 79.9. The Bertz CT molecular complexity index is 389. The van der Waals surface area contributed by atoms with Crippen molar-refractivity contribution in [1.82, 2.24) is 5.43 Å². The van der Waals surface area contributed by atoms with Crippen molar-refractivity contribution in [2.45, 2.75) is 26.3 Å². The summed E-state index contributed by atoms with van der Waals surface area (Å²) in [6, 6.07) is 5.81. The molecule has 96 valence electrons. The normalized spacial score (nSPS) is 11.1. The molecule has 0 aliphatic heterocycles. The van der Waals surface area contributed by atoms with Crippen molar-refractivity contribution in [1.29, 1.82) is 0 Å². The van der Waals surface area contributed by atoms with Gasteiger partial charge in [-0.25, -0.2) is 0 Å². The molecule has 1 rings (SSSR count). The van der Waals surface area contributed by atoms with E-state index in [1.807, 2.05) is 18.2 Å². The molecule has 0 heterocycles. The van der Waals surface area contributed by atoms with Crippen LogP contribution in [0.4, 0.5) is 0 Å². The van der Waals surface area contributed by atoms with Crippen LogP contribution >= 0.6 is 28.3 Å². The van der Waals surface area contributed by atoms with E-state index in [0.717, 1.165) is 15.8 Å².